The normalized spacial score (nSPS) is 19.6. The average molecular weight is 523 g/mol. The standard InChI is InChI=1S/C29H32F2N4O3/c1-29(34-13-2-3-14-34)12-5-15-35(29)27(36)19-37-22-10-8-20(9-11-22)21-16-26(28(32)33-17-21)38-18-23-24(30)6-4-7-25(23)31/h4,6-11,16-17H,2-3,5,12-15,18-19H2,1H3,(H2,32,33)/t29-/m1/s1. The maximum atomic E-state index is 13.9. The van der Waals surface area contributed by atoms with Crippen molar-refractivity contribution in [2.75, 3.05) is 32.0 Å². The lowest BCUT2D eigenvalue weighted by molar-refractivity contribution is -0.143. The van der Waals surface area contributed by atoms with Gasteiger partial charge in [0.05, 0.1) is 11.2 Å². The Kier molecular flexibility index (Phi) is 7.46. The number of nitrogens with zero attached hydrogens (tertiary/aromatic N) is 3. The van der Waals surface area contributed by atoms with Crippen LogP contribution in [0.5, 0.6) is 11.5 Å². The molecule has 2 aromatic carbocycles. The number of hydrogen-bond donors (Lipinski definition) is 1. The van der Waals surface area contributed by atoms with Crippen LogP contribution in [-0.4, -0.2) is 52.6 Å². The molecule has 200 valence electrons. The summed E-state index contributed by atoms with van der Waals surface area (Å²) < 4.78 is 39.3. The molecule has 0 bridgehead atoms. The lowest BCUT2D eigenvalue weighted by Crippen LogP contribution is -2.57. The van der Waals surface area contributed by atoms with Gasteiger partial charge in [-0.25, -0.2) is 13.8 Å². The van der Waals surface area contributed by atoms with E-state index in [1.165, 1.54) is 31.0 Å². The van der Waals surface area contributed by atoms with Gasteiger partial charge in [0.2, 0.25) is 0 Å². The second-order valence-electron chi connectivity index (χ2n) is 9.97. The quantitative estimate of drug-likeness (QED) is 0.449. The molecule has 0 spiro atoms. The highest BCUT2D eigenvalue weighted by atomic mass is 19.1. The van der Waals surface area contributed by atoms with Gasteiger partial charge in [-0.3, -0.25) is 9.69 Å². The minimum atomic E-state index is -0.688. The SMILES string of the molecule is C[C@]1(N2CCCC2)CCCN1C(=O)COc1ccc(-c2cnc(N)c(OCc3c(F)cccc3F)c2)cc1. The van der Waals surface area contributed by atoms with Gasteiger partial charge in [0.1, 0.15) is 24.0 Å². The molecule has 3 aromatic rings. The minimum Gasteiger partial charge on any atom is -0.485 e. The number of benzene rings is 2. The van der Waals surface area contributed by atoms with Gasteiger partial charge >= 0.3 is 0 Å². The van der Waals surface area contributed by atoms with Crippen LogP contribution in [0.1, 0.15) is 38.2 Å². The number of ether oxygens (including phenoxy) is 2. The van der Waals surface area contributed by atoms with Crippen molar-refractivity contribution in [3.05, 3.63) is 71.9 Å². The lowest BCUT2D eigenvalue weighted by Gasteiger charge is -2.42. The van der Waals surface area contributed by atoms with E-state index in [1.54, 1.807) is 24.4 Å². The van der Waals surface area contributed by atoms with Crippen LogP contribution < -0.4 is 15.2 Å². The Labute approximate surface area is 221 Å². The van der Waals surface area contributed by atoms with Gasteiger partial charge in [0.25, 0.3) is 5.91 Å². The summed E-state index contributed by atoms with van der Waals surface area (Å²) in [6, 6.07) is 12.6. The summed E-state index contributed by atoms with van der Waals surface area (Å²) in [6.45, 7) is 4.67. The summed E-state index contributed by atoms with van der Waals surface area (Å²) >= 11 is 0. The first-order valence-corrected chi connectivity index (χ1v) is 12.9. The van der Waals surface area contributed by atoms with Crippen molar-refractivity contribution in [1.29, 1.82) is 0 Å². The van der Waals surface area contributed by atoms with Gasteiger partial charge in [-0.2, -0.15) is 0 Å². The molecule has 0 saturated carbocycles. The van der Waals surface area contributed by atoms with Gasteiger partial charge in [-0.15, -0.1) is 0 Å². The predicted octanol–water partition coefficient (Wildman–Crippen LogP) is 5.00. The van der Waals surface area contributed by atoms with E-state index in [-0.39, 0.29) is 41.9 Å². The molecule has 38 heavy (non-hydrogen) atoms. The lowest BCUT2D eigenvalue weighted by atomic mass is 10.1. The Hall–Kier alpha value is -3.72. The Balaban J connectivity index is 1.21. The van der Waals surface area contributed by atoms with Crippen LogP contribution >= 0.6 is 0 Å². The van der Waals surface area contributed by atoms with E-state index in [9.17, 15) is 13.6 Å². The number of nitrogens with two attached hydrogens (primary N) is 1. The number of rotatable bonds is 8. The second-order valence-corrected chi connectivity index (χ2v) is 9.97. The van der Waals surface area contributed by atoms with Crippen molar-refractivity contribution in [2.45, 2.75) is 44.9 Å². The molecule has 7 nitrogen and oxygen atoms in total. The first-order valence-electron chi connectivity index (χ1n) is 12.9. The van der Waals surface area contributed by atoms with E-state index >= 15 is 0 Å². The van der Waals surface area contributed by atoms with E-state index in [0.29, 0.717) is 11.3 Å². The molecule has 2 N–H and O–H groups in total. The summed E-state index contributed by atoms with van der Waals surface area (Å²) in [5, 5.41) is 0. The maximum absolute atomic E-state index is 13.9. The first kappa shape index (κ1) is 25.9. The molecular formula is C29H32F2N4O3. The van der Waals surface area contributed by atoms with Gasteiger partial charge < -0.3 is 20.1 Å². The van der Waals surface area contributed by atoms with Gasteiger partial charge in [0.15, 0.2) is 18.2 Å². The highest BCUT2D eigenvalue weighted by molar-refractivity contribution is 5.79. The van der Waals surface area contributed by atoms with Crippen molar-refractivity contribution in [3.63, 3.8) is 0 Å². The number of amides is 1. The van der Waals surface area contributed by atoms with Crippen molar-refractivity contribution in [2.24, 2.45) is 0 Å². The summed E-state index contributed by atoms with van der Waals surface area (Å²) in [6.07, 6.45) is 5.95. The molecule has 1 amide bonds. The van der Waals surface area contributed by atoms with Crippen molar-refractivity contribution >= 4 is 11.7 Å². The Morgan fingerprint density at radius 1 is 1.00 bits per heavy atom. The van der Waals surface area contributed by atoms with Crippen LogP contribution in [0.25, 0.3) is 11.1 Å². The number of halogens is 2. The third kappa shape index (κ3) is 5.29. The first-order chi connectivity index (χ1) is 18.3. The summed E-state index contributed by atoms with van der Waals surface area (Å²) in [5.74, 6) is -0.454. The predicted molar refractivity (Wildman–Crippen MR) is 140 cm³/mol. The number of anilines is 1. The van der Waals surface area contributed by atoms with Crippen LogP contribution in [-0.2, 0) is 11.4 Å². The van der Waals surface area contributed by atoms with Crippen molar-refractivity contribution < 1.29 is 23.0 Å². The average Bonchev–Trinajstić information content (AvgIpc) is 3.59. The maximum Gasteiger partial charge on any atom is 0.261 e. The number of hydrogen-bond acceptors (Lipinski definition) is 6. The van der Waals surface area contributed by atoms with Crippen LogP contribution in [0.2, 0.25) is 0 Å². The highest BCUT2D eigenvalue weighted by Gasteiger charge is 2.44. The Morgan fingerprint density at radius 3 is 2.42 bits per heavy atom. The summed E-state index contributed by atoms with van der Waals surface area (Å²) in [4.78, 5) is 21.6. The molecule has 2 aliphatic heterocycles. The molecule has 0 unspecified atom stereocenters. The van der Waals surface area contributed by atoms with Crippen LogP contribution in [0.3, 0.4) is 0 Å². The molecular weight excluding hydrogens is 490 g/mol. The number of carbonyl (C=O) groups excluding carboxylic acids is 1. The Morgan fingerprint density at radius 2 is 1.71 bits per heavy atom. The zero-order valence-electron chi connectivity index (χ0n) is 21.5. The largest absolute Gasteiger partial charge is 0.485 e. The third-order valence-corrected chi connectivity index (χ3v) is 7.57. The molecule has 2 saturated heterocycles. The van der Waals surface area contributed by atoms with Crippen molar-refractivity contribution in [3.8, 4) is 22.6 Å². The Bertz CT molecular complexity index is 1280. The highest BCUT2D eigenvalue weighted by Crippen LogP contribution is 2.35. The fourth-order valence-electron chi connectivity index (χ4n) is 5.38. The number of pyridine rings is 1. The van der Waals surface area contributed by atoms with Gasteiger partial charge in [-0.1, -0.05) is 18.2 Å². The molecule has 2 fully saturated rings. The molecule has 2 aliphatic rings. The fourth-order valence-corrected chi connectivity index (χ4v) is 5.38. The summed E-state index contributed by atoms with van der Waals surface area (Å²) in [7, 11) is 0. The molecule has 9 heteroatoms. The topological polar surface area (TPSA) is 80.9 Å². The number of nitrogen functional groups attached to an aromatic ring is 1. The second kappa shape index (κ2) is 10.9. The minimum absolute atomic E-state index is 0.00297. The van der Waals surface area contributed by atoms with Crippen LogP contribution in [0.4, 0.5) is 14.6 Å². The number of aromatic nitrogens is 1. The monoisotopic (exact) mass is 522 g/mol. The molecule has 3 heterocycles. The zero-order valence-corrected chi connectivity index (χ0v) is 21.5. The van der Waals surface area contributed by atoms with E-state index in [0.717, 1.165) is 38.0 Å². The smallest absolute Gasteiger partial charge is 0.261 e. The number of likely N-dealkylation sites (tertiary alicyclic amines) is 2. The molecule has 1 atom stereocenters. The molecule has 0 aliphatic carbocycles. The van der Waals surface area contributed by atoms with E-state index in [2.05, 4.69) is 16.8 Å². The van der Waals surface area contributed by atoms with Crippen LogP contribution in [0.15, 0.2) is 54.7 Å². The third-order valence-electron chi connectivity index (χ3n) is 7.57. The number of carbonyl (C=O) groups is 1. The van der Waals surface area contributed by atoms with Crippen molar-refractivity contribution in [1.82, 2.24) is 14.8 Å². The van der Waals surface area contributed by atoms with Gasteiger partial charge in [-0.05, 0) is 68.5 Å². The van der Waals surface area contributed by atoms with E-state index in [4.69, 9.17) is 15.2 Å². The fraction of sp³-hybridized carbons (Fsp3) is 0.379. The summed E-state index contributed by atoms with van der Waals surface area (Å²) in [5.41, 5.74) is 7.06. The van der Waals surface area contributed by atoms with Gasteiger partial charge in [0, 0.05) is 31.4 Å². The molecule has 1 aromatic heterocycles. The zero-order chi connectivity index (χ0) is 26.7. The molecule has 0 radical (unpaired) electrons. The van der Waals surface area contributed by atoms with Crippen LogP contribution in [0, 0.1) is 11.6 Å². The van der Waals surface area contributed by atoms with E-state index < -0.39 is 11.6 Å². The molecule has 5 rings (SSSR count). The van der Waals surface area contributed by atoms with E-state index in [1.807, 2.05) is 17.0 Å².